The van der Waals surface area contributed by atoms with E-state index < -0.39 is 78.7 Å². The average molecular weight is 432 g/mol. The van der Waals surface area contributed by atoms with Crippen molar-refractivity contribution in [1.82, 2.24) is 16.0 Å². The molecular formula is C18H32N4O8. The van der Waals surface area contributed by atoms with Crippen LogP contribution in [0.25, 0.3) is 0 Å². The second kappa shape index (κ2) is 12.8. The van der Waals surface area contributed by atoms with Gasteiger partial charge in [-0.2, -0.15) is 0 Å². The van der Waals surface area contributed by atoms with Gasteiger partial charge in [0.2, 0.25) is 17.7 Å². The highest BCUT2D eigenvalue weighted by molar-refractivity contribution is 5.94. The number of rotatable bonds is 13. The van der Waals surface area contributed by atoms with Gasteiger partial charge < -0.3 is 37.0 Å². The number of aliphatic hydroxyl groups is 1. The van der Waals surface area contributed by atoms with E-state index in [0.29, 0.717) is 0 Å². The molecule has 0 aromatic rings. The summed E-state index contributed by atoms with van der Waals surface area (Å²) in [5.41, 5.74) is 5.40. The molecule has 0 aromatic carbocycles. The number of amides is 3. The molecule has 0 aliphatic rings. The van der Waals surface area contributed by atoms with E-state index in [1.165, 1.54) is 0 Å². The summed E-state index contributed by atoms with van der Waals surface area (Å²) in [6.45, 7) is 5.81. The molecule has 0 spiro atoms. The van der Waals surface area contributed by atoms with Crippen LogP contribution in [0.1, 0.15) is 40.5 Å². The quantitative estimate of drug-likeness (QED) is 0.172. The van der Waals surface area contributed by atoms with E-state index in [1.54, 1.807) is 27.7 Å². The monoisotopic (exact) mass is 432 g/mol. The minimum absolute atomic E-state index is 0.277. The summed E-state index contributed by atoms with van der Waals surface area (Å²) in [6.07, 6.45) is -0.721. The maximum Gasteiger partial charge on any atom is 0.326 e. The van der Waals surface area contributed by atoms with Crippen LogP contribution in [0.5, 0.6) is 0 Å². The van der Waals surface area contributed by atoms with Gasteiger partial charge in [-0.3, -0.25) is 19.2 Å². The first-order valence-electron chi connectivity index (χ1n) is 9.53. The molecule has 0 fully saturated rings. The maximum absolute atomic E-state index is 12.7. The average Bonchev–Trinajstić information content (AvgIpc) is 2.64. The van der Waals surface area contributed by atoms with Crippen molar-refractivity contribution >= 4 is 29.7 Å². The summed E-state index contributed by atoms with van der Waals surface area (Å²) in [6, 6.07) is -4.92. The molecule has 0 aromatic heterocycles. The third-order valence-electron chi connectivity index (χ3n) is 4.29. The molecule has 0 aliphatic heterocycles. The Morgan fingerprint density at radius 1 is 0.800 bits per heavy atom. The topological polar surface area (TPSA) is 208 Å². The van der Waals surface area contributed by atoms with Crippen molar-refractivity contribution in [3.05, 3.63) is 0 Å². The number of hydrogen-bond acceptors (Lipinski definition) is 7. The van der Waals surface area contributed by atoms with E-state index in [1.807, 2.05) is 0 Å². The molecule has 4 atom stereocenters. The fourth-order valence-electron chi connectivity index (χ4n) is 2.44. The molecule has 0 heterocycles. The SMILES string of the molecule is CC(C)C(NC(=O)C(NC(=O)C(CCC(=O)O)NC(=O)C(N)CO)C(C)C)C(=O)O. The van der Waals surface area contributed by atoms with Crippen LogP contribution in [-0.2, 0) is 24.0 Å². The third-order valence-corrected chi connectivity index (χ3v) is 4.29. The van der Waals surface area contributed by atoms with Crippen LogP contribution in [0, 0.1) is 11.8 Å². The molecule has 0 aliphatic carbocycles. The molecule has 0 rings (SSSR count). The van der Waals surface area contributed by atoms with Gasteiger partial charge in [0.25, 0.3) is 0 Å². The second-order valence-electron chi connectivity index (χ2n) is 7.58. The zero-order chi connectivity index (χ0) is 23.6. The van der Waals surface area contributed by atoms with E-state index in [-0.39, 0.29) is 6.42 Å². The van der Waals surface area contributed by atoms with Crippen molar-refractivity contribution in [2.75, 3.05) is 6.61 Å². The van der Waals surface area contributed by atoms with Gasteiger partial charge in [-0.05, 0) is 18.3 Å². The standard InChI is InChI=1S/C18H32N4O8/c1-8(2)13(17(28)22-14(9(3)4)18(29)30)21-16(27)11(5-6-12(24)25)20-15(26)10(19)7-23/h8-11,13-14,23H,5-7,19H2,1-4H3,(H,20,26)(H,21,27)(H,22,28)(H,24,25)(H,29,30). The van der Waals surface area contributed by atoms with E-state index in [2.05, 4.69) is 16.0 Å². The Bertz CT molecular complexity index is 638. The number of carboxylic acids is 2. The minimum Gasteiger partial charge on any atom is -0.481 e. The number of aliphatic carboxylic acids is 2. The molecule has 8 N–H and O–H groups in total. The summed E-state index contributed by atoms with van der Waals surface area (Å²) >= 11 is 0. The van der Waals surface area contributed by atoms with E-state index in [0.717, 1.165) is 0 Å². The fourth-order valence-corrected chi connectivity index (χ4v) is 2.44. The first-order valence-corrected chi connectivity index (χ1v) is 9.53. The predicted octanol–water partition coefficient (Wildman–Crippen LogP) is -1.98. The number of nitrogens with two attached hydrogens (primary N) is 1. The number of aliphatic hydroxyl groups excluding tert-OH is 1. The highest BCUT2D eigenvalue weighted by atomic mass is 16.4. The zero-order valence-electron chi connectivity index (χ0n) is 17.5. The van der Waals surface area contributed by atoms with Crippen LogP contribution in [0.2, 0.25) is 0 Å². The second-order valence-corrected chi connectivity index (χ2v) is 7.58. The van der Waals surface area contributed by atoms with Crippen LogP contribution < -0.4 is 21.7 Å². The van der Waals surface area contributed by atoms with Crippen LogP contribution in [0.3, 0.4) is 0 Å². The highest BCUT2D eigenvalue weighted by Crippen LogP contribution is 2.08. The molecule has 0 radical (unpaired) electrons. The normalized spacial score (nSPS) is 15.1. The molecule has 0 saturated heterocycles. The Labute approximate surface area is 174 Å². The summed E-state index contributed by atoms with van der Waals surface area (Å²) < 4.78 is 0. The minimum atomic E-state index is -1.32. The van der Waals surface area contributed by atoms with E-state index in [9.17, 15) is 29.1 Å². The van der Waals surface area contributed by atoms with Crippen molar-refractivity contribution in [3.8, 4) is 0 Å². The molecule has 4 unspecified atom stereocenters. The van der Waals surface area contributed by atoms with Crippen LogP contribution in [-0.4, -0.2) is 75.8 Å². The van der Waals surface area contributed by atoms with Crippen LogP contribution in [0.4, 0.5) is 0 Å². The lowest BCUT2D eigenvalue weighted by Gasteiger charge is -2.27. The van der Waals surface area contributed by atoms with E-state index >= 15 is 0 Å². The number of carbonyl (C=O) groups is 5. The molecule has 30 heavy (non-hydrogen) atoms. The molecule has 172 valence electrons. The van der Waals surface area contributed by atoms with Crippen LogP contribution >= 0.6 is 0 Å². The van der Waals surface area contributed by atoms with Crippen molar-refractivity contribution in [2.45, 2.75) is 64.7 Å². The Balaban J connectivity index is 5.43. The molecule has 12 nitrogen and oxygen atoms in total. The predicted molar refractivity (Wildman–Crippen MR) is 105 cm³/mol. The van der Waals surface area contributed by atoms with Crippen LogP contribution in [0.15, 0.2) is 0 Å². The first kappa shape index (κ1) is 27.3. The zero-order valence-corrected chi connectivity index (χ0v) is 17.5. The molecule has 0 saturated carbocycles. The van der Waals surface area contributed by atoms with Gasteiger partial charge in [0, 0.05) is 6.42 Å². The smallest absolute Gasteiger partial charge is 0.326 e. The van der Waals surface area contributed by atoms with Crippen molar-refractivity contribution < 1.29 is 39.3 Å². The lowest BCUT2D eigenvalue weighted by atomic mass is 9.99. The number of nitrogens with one attached hydrogen (secondary N) is 3. The van der Waals surface area contributed by atoms with Gasteiger partial charge in [0.1, 0.15) is 24.2 Å². The fraction of sp³-hybridized carbons (Fsp3) is 0.722. The van der Waals surface area contributed by atoms with Gasteiger partial charge >= 0.3 is 11.9 Å². The Morgan fingerprint density at radius 2 is 1.30 bits per heavy atom. The van der Waals surface area contributed by atoms with Gasteiger partial charge in [-0.1, -0.05) is 27.7 Å². The van der Waals surface area contributed by atoms with Crippen molar-refractivity contribution in [2.24, 2.45) is 17.6 Å². The number of carbonyl (C=O) groups excluding carboxylic acids is 3. The molecule has 3 amide bonds. The summed E-state index contributed by atoms with van der Waals surface area (Å²) in [5.74, 6) is -5.69. The molecule has 12 heteroatoms. The van der Waals surface area contributed by atoms with Crippen molar-refractivity contribution in [3.63, 3.8) is 0 Å². The first-order chi connectivity index (χ1) is 13.8. The summed E-state index contributed by atoms with van der Waals surface area (Å²) in [7, 11) is 0. The van der Waals surface area contributed by atoms with Gasteiger partial charge in [-0.25, -0.2) is 4.79 Å². The Hall–Kier alpha value is -2.73. The summed E-state index contributed by atoms with van der Waals surface area (Å²) in [4.78, 5) is 59.3. The Kier molecular flexibility index (Phi) is 11.6. The van der Waals surface area contributed by atoms with Crippen molar-refractivity contribution in [1.29, 1.82) is 0 Å². The largest absolute Gasteiger partial charge is 0.481 e. The number of hydrogen-bond donors (Lipinski definition) is 7. The highest BCUT2D eigenvalue weighted by Gasteiger charge is 2.32. The van der Waals surface area contributed by atoms with Gasteiger partial charge in [0.05, 0.1) is 6.61 Å². The van der Waals surface area contributed by atoms with Gasteiger partial charge in [0.15, 0.2) is 0 Å². The molecule has 0 bridgehead atoms. The Morgan fingerprint density at radius 3 is 1.70 bits per heavy atom. The lowest BCUT2D eigenvalue weighted by molar-refractivity contribution is -0.143. The summed E-state index contributed by atoms with van der Waals surface area (Å²) in [5, 5.41) is 34.1. The lowest BCUT2D eigenvalue weighted by Crippen LogP contribution is -2.59. The van der Waals surface area contributed by atoms with Gasteiger partial charge in [-0.15, -0.1) is 0 Å². The van der Waals surface area contributed by atoms with E-state index in [4.69, 9.17) is 15.9 Å². The maximum atomic E-state index is 12.7. The molecular weight excluding hydrogens is 400 g/mol. The number of carboxylic acid groups (broad SMARTS) is 2. The third kappa shape index (κ3) is 9.18.